The lowest BCUT2D eigenvalue weighted by Gasteiger charge is -2.35. The second-order valence-electron chi connectivity index (χ2n) is 9.04. The average molecular weight is 414 g/mol. The summed E-state index contributed by atoms with van der Waals surface area (Å²) in [7, 11) is 4.24. The molecular weight excluding hydrogens is 378 g/mol. The first-order valence-electron chi connectivity index (χ1n) is 11.3. The third-order valence-electron chi connectivity index (χ3n) is 7.13. The molecule has 0 spiro atoms. The molecule has 7 nitrogen and oxygen atoms in total. The zero-order chi connectivity index (χ0) is 21.1. The summed E-state index contributed by atoms with van der Waals surface area (Å²) in [6.45, 7) is 5.90. The molecule has 0 aromatic heterocycles. The van der Waals surface area contributed by atoms with Crippen molar-refractivity contribution < 1.29 is 9.59 Å². The van der Waals surface area contributed by atoms with E-state index in [-0.39, 0.29) is 29.9 Å². The van der Waals surface area contributed by atoms with E-state index < -0.39 is 0 Å². The highest BCUT2D eigenvalue weighted by atomic mass is 16.2. The zero-order valence-corrected chi connectivity index (χ0v) is 18.3. The lowest BCUT2D eigenvalue weighted by Crippen LogP contribution is -2.50. The third kappa shape index (κ3) is 4.68. The minimum Gasteiger partial charge on any atom is -0.353 e. The number of fused-ring (bicyclic) bond motifs is 1. The average Bonchev–Trinajstić information content (AvgIpc) is 3.12. The summed E-state index contributed by atoms with van der Waals surface area (Å²) in [4.78, 5) is 34.6. The van der Waals surface area contributed by atoms with Gasteiger partial charge in [-0.1, -0.05) is 30.3 Å². The summed E-state index contributed by atoms with van der Waals surface area (Å²) in [6.07, 6.45) is 2.34. The Morgan fingerprint density at radius 1 is 1.07 bits per heavy atom. The second kappa shape index (κ2) is 9.45. The summed E-state index contributed by atoms with van der Waals surface area (Å²) in [5.74, 6) is 0.383. The molecule has 3 heterocycles. The summed E-state index contributed by atoms with van der Waals surface area (Å²) >= 11 is 0. The maximum absolute atomic E-state index is 12.9. The summed E-state index contributed by atoms with van der Waals surface area (Å²) < 4.78 is 0. The Hall–Kier alpha value is -1.96. The normalized spacial score (nSPS) is 28.8. The van der Waals surface area contributed by atoms with Crippen LogP contribution >= 0.6 is 0 Å². The van der Waals surface area contributed by atoms with Crippen molar-refractivity contribution in [3.8, 4) is 0 Å². The first-order chi connectivity index (χ1) is 14.5. The van der Waals surface area contributed by atoms with E-state index in [0.717, 1.165) is 52.1 Å². The maximum Gasteiger partial charge on any atom is 0.239 e. The number of likely N-dealkylation sites (tertiary alicyclic amines) is 1. The van der Waals surface area contributed by atoms with Gasteiger partial charge in [0.15, 0.2) is 0 Å². The van der Waals surface area contributed by atoms with Crippen molar-refractivity contribution in [2.45, 2.75) is 43.9 Å². The standard InChI is InChI=1S/C23H35N5O2/c1-25-12-14-27(15-13-25)21(29)9-8-19-16-24-23(30)22-20(26(19)2)10-11-28(22)17-18-6-4-3-5-7-18/h3-7,19-20,22H,8-17H2,1-2H3,(H,24,30)/t19-,20+,22-/m0/s1. The van der Waals surface area contributed by atoms with Gasteiger partial charge in [-0.3, -0.25) is 19.4 Å². The van der Waals surface area contributed by atoms with Crippen LogP contribution in [0.4, 0.5) is 0 Å². The number of nitrogens with one attached hydrogen (secondary N) is 1. The number of hydrogen-bond donors (Lipinski definition) is 1. The fourth-order valence-corrected chi connectivity index (χ4v) is 5.15. The number of rotatable bonds is 5. The number of piperazine rings is 1. The molecule has 0 bridgehead atoms. The molecule has 0 saturated carbocycles. The third-order valence-corrected chi connectivity index (χ3v) is 7.13. The molecule has 3 saturated heterocycles. The molecule has 1 aromatic carbocycles. The summed E-state index contributed by atoms with van der Waals surface area (Å²) in [5.41, 5.74) is 1.24. The molecule has 4 rings (SSSR count). The van der Waals surface area contributed by atoms with E-state index in [0.29, 0.717) is 13.0 Å². The maximum atomic E-state index is 12.9. The number of likely N-dealkylation sites (N-methyl/N-ethyl adjacent to an activating group) is 2. The van der Waals surface area contributed by atoms with Crippen molar-refractivity contribution >= 4 is 11.8 Å². The van der Waals surface area contributed by atoms with Crippen LogP contribution in [0.25, 0.3) is 0 Å². The Morgan fingerprint density at radius 3 is 2.53 bits per heavy atom. The van der Waals surface area contributed by atoms with Crippen LogP contribution in [0, 0.1) is 0 Å². The Balaban J connectivity index is 1.35. The van der Waals surface area contributed by atoms with E-state index in [9.17, 15) is 9.59 Å². The van der Waals surface area contributed by atoms with Crippen molar-refractivity contribution in [1.82, 2.24) is 24.9 Å². The van der Waals surface area contributed by atoms with Crippen LogP contribution in [0.3, 0.4) is 0 Å². The van der Waals surface area contributed by atoms with Crippen molar-refractivity contribution in [2.75, 3.05) is 53.4 Å². The van der Waals surface area contributed by atoms with Crippen LogP contribution in [-0.2, 0) is 16.1 Å². The Bertz CT molecular complexity index is 734. The number of nitrogens with zero attached hydrogens (tertiary/aromatic N) is 4. The van der Waals surface area contributed by atoms with Crippen molar-refractivity contribution in [1.29, 1.82) is 0 Å². The van der Waals surface area contributed by atoms with Crippen molar-refractivity contribution in [3.05, 3.63) is 35.9 Å². The number of hydrogen-bond acceptors (Lipinski definition) is 5. The van der Waals surface area contributed by atoms with Crippen LogP contribution in [0.2, 0.25) is 0 Å². The molecule has 30 heavy (non-hydrogen) atoms. The molecule has 1 aromatic rings. The van der Waals surface area contributed by atoms with Crippen LogP contribution < -0.4 is 5.32 Å². The Labute approximate surface area is 180 Å². The highest BCUT2D eigenvalue weighted by Crippen LogP contribution is 2.28. The number of benzene rings is 1. The summed E-state index contributed by atoms with van der Waals surface area (Å²) in [6, 6.07) is 10.7. The first kappa shape index (κ1) is 21.3. The van der Waals surface area contributed by atoms with E-state index in [1.165, 1.54) is 5.56 Å². The minimum atomic E-state index is -0.117. The highest BCUT2D eigenvalue weighted by Gasteiger charge is 2.44. The SMILES string of the molecule is CN1CCN(C(=O)CC[C@H]2CNC(=O)[C@@H]3[C@@H](CCN3Cc3ccccc3)N2C)CC1. The molecule has 3 fully saturated rings. The fourth-order valence-electron chi connectivity index (χ4n) is 5.15. The van der Waals surface area contributed by atoms with Crippen LogP contribution in [0.15, 0.2) is 30.3 Å². The molecule has 7 heteroatoms. The van der Waals surface area contributed by atoms with E-state index >= 15 is 0 Å². The molecule has 0 aliphatic carbocycles. The van der Waals surface area contributed by atoms with E-state index in [2.05, 4.69) is 58.4 Å². The van der Waals surface area contributed by atoms with Gasteiger partial charge in [-0.15, -0.1) is 0 Å². The fraction of sp³-hybridized carbons (Fsp3) is 0.652. The van der Waals surface area contributed by atoms with Gasteiger partial charge in [0.25, 0.3) is 0 Å². The zero-order valence-electron chi connectivity index (χ0n) is 18.3. The van der Waals surface area contributed by atoms with Gasteiger partial charge in [0, 0.05) is 64.3 Å². The van der Waals surface area contributed by atoms with E-state index in [4.69, 9.17) is 0 Å². The molecule has 3 aliphatic heterocycles. The van der Waals surface area contributed by atoms with Gasteiger partial charge >= 0.3 is 0 Å². The van der Waals surface area contributed by atoms with E-state index in [1.807, 2.05) is 11.0 Å². The highest BCUT2D eigenvalue weighted by molar-refractivity contribution is 5.83. The Morgan fingerprint density at radius 2 is 1.80 bits per heavy atom. The van der Waals surface area contributed by atoms with Crippen molar-refractivity contribution in [3.63, 3.8) is 0 Å². The lowest BCUT2D eigenvalue weighted by atomic mass is 10.0. The van der Waals surface area contributed by atoms with Gasteiger partial charge < -0.3 is 15.1 Å². The number of amides is 2. The van der Waals surface area contributed by atoms with Gasteiger partial charge in [-0.2, -0.15) is 0 Å². The predicted octanol–water partition coefficient (Wildman–Crippen LogP) is 0.614. The quantitative estimate of drug-likeness (QED) is 0.767. The minimum absolute atomic E-state index is 0.117. The Kier molecular flexibility index (Phi) is 6.71. The number of carbonyl (C=O) groups is 2. The van der Waals surface area contributed by atoms with Gasteiger partial charge in [0.05, 0.1) is 0 Å². The largest absolute Gasteiger partial charge is 0.353 e. The number of carbonyl (C=O) groups excluding carboxylic acids is 2. The van der Waals surface area contributed by atoms with Gasteiger partial charge in [-0.25, -0.2) is 0 Å². The smallest absolute Gasteiger partial charge is 0.239 e. The molecule has 0 radical (unpaired) electrons. The molecule has 3 atom stereocenters. The molecule has 3 aliphatic rings. The van der Waals surface area contributed by atoms with Crippen LogP contribution in [0.5, 0.6) is 0 Å². The molecule has 2 amide bonds. The lowest BCUT2D eigenvalue weighted by molar-refractivity contribution is -0.133. The topological polar surface area (TPSA) is 59.1 Å². The first-order valence-corrected chi connectivity index (χ1v) is 11.3. The van der Waals surface area contributed by atoms with Crippen LogP contribution in [-0.4, -0.2) is 103 Å². The van der Waals surface area contributed by atoms with Gasteiger partial charge in [0.2, 0.25) is 11.8 Å². The van der Waals surface area contributed by atoms with Gasteiger partial charge in [0.1, 0.15) is 6.04 Å². The predicted molar refractivity (Wildman–Crippen MR) is 117 cm³/mol. The molecule has 1 N–H and O–H groups in total. The molecule has 164 valence electrons. The van der Waals surface area contributed by atoms with Gasteiger partial charge in [-0.05, 0) is 32.5 Å². The van der Waals surface area contributed by atoms with E-state index in [1.54, 1.807) is 0 Å². The molecular formula is C23H35N5O2. The van der Waals surface area contributed by atoms with Crippen LogP contribution in [0.1, 0.15) is 24.8 Å². The summed E-state index contributed by atoms with van der Waals surface area (Å²) in [5, 5.41) is 3.17. The van der Waals surface area contributed by atoms with Crippen molar-refractivity contribution in [2.24, 2.45) is 0 Å². The monoisotopic (exact) mass is 413 g/mol. The second-order valence-corrected chi connectivity index (χ2v) is 9.04. The molecule has 0 unspecified atom stereocenters.